The maximum absolute atomic E-state index is 12.2. The molecule has 0 aromatic heterocycles. The lowest BCUT2D eigenvalue weighted by molar-refractivity contribution is -0.118. The van der Waals surface area contributed by atoms with Crippen molar-refractivity contribution in [2.75, 3.05) is 11.9 Å². The van der Waals surface area contributed by atoms with E-state index in [2.05, 4.69) is 10.0 Å². The van der Waals surface area contributed by atoms with Crippen molar-refractivity contribution < 1.29 is 17.9 Å². The molecule has 140 valence electrons. The number of benzene rings is 2. The van der Waals surface area contributed by atoms with Gasteiger partial charge in [0.05, 0.1) is 4.90 Å². The van der Waals surface area contributed by atoms with Gasteiger partial charge in [-0.3, -0.25) is 4.79 Å². The van der Waals surface area contributed by atoms with Crippen LogP contribution in [0.1, 0.15) is 25.8 Å². The van der Waals surface area contributed by atoms with Gasteiger partial charge >= 0.3 is 0 Å². The molecule has 0 spiro atoms. The lowest BCUT2D eigenvalue weighted by Crippen LogP contribution is -2.31. The first-order chi connectivity index (χ1) is 12.3. The van der Waals surface area contributed by atoms with Gasteiger partial charge in [-0.05, 0) is 56.7 Å². The van der Waals surface area contributed by atoms with Gasteiger partial charge in [0, 0.05) is 11.7 Å². The topological polar surface area (TPSA) is 84.5 Å². The van der Waals surface area contributed by atoms with E-state index < -0.39 is 10.0 Å². The van der Waals surface area contributed by atoms with Crippen LogP contribution in [0.25, 0.3) is 0 Å². The van der Waals surface area contributed by atoms with Gasteiger partial charge in [0.2, 0.25) is 10.0 Å². The molecule has 0 saturated carbocycles. The van der Waals surface area contributed by atoms with Gasteiger partial charge in [-0.25, -0.2) is 13.1 Å². The molecule has 0 saturated heterocycles. The summed E-state index contributed by atoms with van der Waals surface area (Å²) >= 11 is 0. The summed E-state index contributed by atoms with van der Waals surface area (Å²) in [5, 5.41) is 2.73. The fourth-order valence-corrected chi connectivity index (χ4v) is 3.44. The summed E-state index contributed by atoms with van der Waals surface area (Å²) in [6, 6.07) is 13.3. The summed E-state index contributed by atoms with van der Waals surface area (Å²) in [7, 11) is -3.55. The van der Waals surface area contributed by atoms with Gasteiger partial charge in [-0.1, -0.05) is 24.6 Å². The largest absolute Gasteiger partial charge is 0.484 e. The van der Waals surface area contributed by atoms with E-state index in [-0.39, 0.29) is 23.5 Å². The molecule has 1 amide bonds. The second kappa shape index (κ2) is 8.82. The lowest BCUT2D eigenvalue weighted by atomic mass is 10.2. The summed E-state index contributed by atoms with van der Waals surface area (Å²) in [5.41, 5.74) is 1.80. The number of carbonyl (C=O) groups excluding carboxylic acids is 1. The first-order valence-corrected chi connectivity index (χ1v) is 9.90. The van der Waals surface area contributed by atoms with Crippen LogP contribution in [0.3, 0.4) is 0 Å². The van der Waals surface area contributed by atoms with Crippen LogP contribution in [0.2, 0.25) is 0 Å². The minimum atomic E-state index is -3.55. The number of anilines is 1. The van der Waals surface area contributed by atoms with Crippen LogP contribution in [-0.2, 0) is 14.8 Å². The van der Waals surface area contributed by atoms with Crippen LogP contribution in [0.5, 0.6) is 5.75 Å². The van der Waals surface area contributed by atoms with Crippen LogP contribution in [0.15, 0.2) is 53.4 Å². The predicted octanol–water partition coefficient (Wildman–Crippen LogP) is 3.09. The molecule has 0 aliphatic carbocycles. The molecular weight excluding hydrogens is 352 g/mol. The van der Waals surface area contributed by atoms with E-state index in [4.69, 9.17) is 4.74 Å². The van der Waals surface area contributed by atoms with Crippen molar-refractivity contribution in [3.05, 3.63) is 54.1 Å². The average molecular weight is 376 g/mol. The van der Waals surface area contributed by atoms with Gasteiger partial charge in [-0.15, -0.1) is 0 Å². The zero-order chi connectivity index (χ0) is 19.2. The Balaban J connectivity index is 1.90. The second-order valence-corrected chi connectivity index (χ2v) is 7.82. The number of nitrogens with one attached hydrogen (secondary N) is 2. The van der Waals surface area contributed by atoms with Crippen molar-refractivity contribution in [2.24, 2.45) is 0 Å². The molecule has 6 nitrogen and oxygen atoms in total. The maximum Gasteiger partial charge on any atom is 0.262 e. The number of rotatable bonds is 8. The number of ether oxygens (including phenoxy) is 1. The van der Waals surface area contributed by atoms with Crippen LogP contribution in [0, 0.1) is 6.92 Å². The highest BCUT2D eigenvalue weighted by atomic mass is 32.2. The number of carbonyl (C=O) groups is 1. The molecule has 0 fully saturated rings. The molecule has 0 radical (unpaired) electrons. The highest BCUT2D eigenvalue weighted by molar-refractivity contribution is 7.89. The Hall–Kier alpha value is -2.38. The molecule has 26 heavy (non-hydrogen) atoms. The third-order valence-electron chi connectivity index (χ3n) is 3.81. The van der Waals surface area contributed by atoms with E-state index in [1.54, 1.807) is 0 Å². The summed E-state index contributed by atoms with van der Waals surface area (Å²) < 4.78 is 32.4. The Kier molecular flexibility index (Phi) is 6.76. The Morgan fingerprint density at radius 1 is 1.08 bits per heavy atom. The molecule has 0 unspecified atom stereocenters. The third kappa shape index (κ3) is 5.86. The molecular formula is C19H24N2O4S. The van der Waals surface area contributed by atoms with Crippen molar-refractivity contribution in [3.8, 4) is 5.75 Å². The molecule has 2 aromatic carbocycles. The first-order valence-electron chi connectivity index (χ1n) is 8.42. The molecule has 2 N–H and O–H groups in total. The zero-order valence-corrected chi connectivity index (χ0v) is 16.0. The normalized spacial score (nSPS) is 12.4. The quantitative estimate of drug-likeness (QED) is 0.741. The van der Waals surface area contributed by atoms with Crippen LogP contribution in [-0.4, -0.2) is 27.0 Å². The average Bonchev–Trinajstić information content (AvgIpc) is 2.62. The fraction of sp³-hybridized carbons (Fsp3) is 0.316. The van der Waals surface area contributed by atoms with E-state index in [0.29, 0.717) is 17.9 Å². The van der Waals surface area contributed by atoms with Crippen LogP contribution >= 0.6 is 0 Å². The highest BCUT2D eigenvalue weighted by Crippen LogP contribution is 2.17. The summed E-state index contributed by atoms with van der Waals surface area (Å²) in [6.45, 7) is 5.52. The van der Waals surface area contributed by atoms with E-state index in [9.17, 15) is 13.2 Å². The van der Waals surface area contributed by atoms with Gasteiger partial charge in [0.15, 0.2) is 6.61 Å². The van der Waals surface area contributed by atoms with Gasteiger partial charge in [0.25, 0.3) is 5.91 Å². The van der Waals surface area contributed by atoms with Gasteiger partial charge in [0.1, 0.15) is 5.75 Å². The SMILES string of the molecule is CC[C@@H](C)NS(=O)(=O)c1ccc(OCC(=O)Nc2ccc(C)cc2)cc1. The Morgan fingerprint density at radius 3 is 2.27 bits per heavy atom. The number of hydrogen-bond acceptors (Lipinski definition) is 4. The summed E-state index contributed by atoms with van der Waals surface area (Å²) in [6.07, 6.45) is 0.705. The molecule has 2 aromatic rings. The minimum Gasteiger partial charge on any atom is -0.484 e. The van der Waals surface area contributed by atoms with E-state index in [1.807, 2.05) is 45.0 Å². The number of sulfonamides is 1. The number of hydrogen-bond donors (Lipinski definition) is 2. The molecule has 0 aliphatic heterocycles. The van der Waals surface area contributed by atoms with Crippen LogP contribution in [0.4, 0.5) is 5.69 Å². The Bertz CT molecular complexity index is 831. The highest BCUT2D eigenvalue weighted by Gasteiger charge is 2.16. The van der Waals surface area contributed by atoms with Crippen molar-refractivity contribution in [2.45, 2.75) is 38.1 Å². The van der Waals surface area contributed by atoms with Crippen molar-refractivity contribution in [1.82, 2.24) is 4.72 Å². The predicted molar refractivity (Wildman–Crippen MR) is 102 cm³/mol. The first kappa shape index (κ1) is 19.9. The van der Waals surface area contributed by atoms with Gasteiger partial charge < -0.3 is 10.1 Å². The molecule has 0 bridgehead atoms. The maximum atomic E-state index is 12.2. The zero-order valence-electron chi connectivity index (χ0n) is 15.2. The third-order valence-corrected chi connectivity index (χ3v) is 5.41. The number of amides is 1. The molecule has 7 heteroatoms. The smallest absolute Gasteiger partial charge is 0.262 e. The summed E-state index contributed by atoms with van der Waals surface area (Å²) in [5.74, 6) is 0.135. The lowest BCUT2D eigenvalue weighted by Gasteiger charge is -2.12. The minimum absolute atomic E-state index is 0.138. The second-order valence-electron chi connectivity index (χ2n) is 6.10. The van der Waals surface area contributed by atoms with E-state index >= 15 is 0 Å². The van der Waals surface area contributed by atoms with Gasteiger partial charge in [-0.2, -0.15) is 0 Å². The summed E-state index contributed by atoms with van der Waals surface area (Å²) in [4.78, 5) is 12.1. The monoisotopic (exact) mass is 376 g/mol. The number of aryl methyl sites for hydroxylation is 1. The molecule has 0 aliphatic rings. The standard InChI is InChI=1S/C19H24N2O4S/c1-4-15(3)21-26(23,24)18-11-9-17(10-12-18)25-13-19(22)20-16-7-5-14(2)6-8-16/h5-12,15,21H,4,13H2,1-3H3,(H,20,22)/t15-/m1/s1. The van der Waals surface area contributed by atoms with Crippen molar-refractivity contribution in [3.63, 3.8) is 0 Å². The molecule has 2 rings (SSSR count). The van der Waals surface area contributed by atoms with E-state index in [0.717, 1.165) is 5.56 Å². The molecule has 1 atom stereocenters. The van der Waals surface area contributed by atoms with Crippen molar-refractivity contribution in [1.29, 1.82) is 0 Å². The van der Waals surface area contributed by atoms with Crippen molar-refractivity contribution >= 4 is 21.6 Å². The van der Waals surface area contributed by atoms with Crippen LogP contribution < -0.4 is 14.8 Å². The molecule has 0 heterocycles. The fourth-order valence-electron chi connectivity index (χ4n) is 2.11. The Labute approximate surface area is 154 Å². The Morgan fingerprint density at radius 2 is 1.69 bits per heavy atom. The van der Waals surface area contributed by atoms with E-state index in [1.165, 1.54) is 24.3 Å².